The lowest BCUT2D eigenvalue weighted by atomic mass is 9.98. The maximum atomic E-state index is 5.73. The molecule has 114 valence electrons. The van der Waals surface area contributed by atoms with Crippen LogP contribution in [-0.4, -0.2) is 49.3 Å². The molecule has 1 saturated heterocycles. The molecule has 19 heavy (non-hydrogen) atoms. The summed E-state index contributed by atoms with van der Waals surface area (Å²) in [5.74, 6) is 0.772. The summed E-state index contributed by atoms with van der Waals surface area (Å²) in [7, 11) is 0. The number of hydrogen-bond donors (Lipinski definition) is 1. The highest BCUT2D eigenvalue weighted by molar-refractivity contribution is 4.86. The molecule has 0 spiro atoms. The number of nitrogens with zero attached hydrogens (tertiary/aromatic N) is 1. The highest BCUT2D eigenvalue weighted by atomic mass is 16.5. The van der Waals surface area contributed by atoms with E-state index in [4.69, 9.17) is 4.74 Å². The number of nitrogens with one attached hydrogen (secondary N) is 1. The zero-order valence-electron chi connectivity index (χ0n) is 13.6. The van der Waals surface area contributed by atoms with E-state index in [1.807, 2.05) is 0 Å². The molecule has 1 heterocycles. The molecule has 2 unspecified atom stereocenters. The molecule has 1 aliphatic heterocycles. The number of ether oxygens (including phenoxy) is 1. The highest BCUT2D eigenvalue weighted by Gasteiger charge is 2.27. The van der Waals surface area contributed by atoms with Gasteiger partial charge in [-0.1, -0.05) is 27.2 Å². The highest BCUT2D eigenvalue weighted by Crippen LogP contribution is 2.16. The Morgan fingerprint density at radius 2 is 2.00 bits per heavy atom. The van der Waals surface area contributed by atoms with Crippen molar-refractivity contribution in [3.8, 4) is 0 Å². The van der Waals surface area contributed by atoms with E-state index >= 15 is 0 Å². The molecular formula is C16H34N2O. The van der Waals surface area contributed by atoms with Gasteiger partial charge in [0.25, 0.3) is 0 Å². The van der Waals surface area contributed by atoms with E-state index in [1.54, 1.807) is 0 Å². The Morgan fingerprint density at radius 3 is 2.58 bits per heavy atom. The minimum Gasteiger partial charge on any atom is -0.377 e. The van der Waals surface area contributed by atoms with Crippen molar-refractivity contribution in [1.82, 2.24) is 10.2 Å². The standard InChI is InChI=1S/C16H34N2O/c1-6-7-16-11-17-15(10-13(2)3)12-18(16)8-9-19-14(4)5/h13-17H,6-12H2,1-5H3. The first-order valence-corrected chi connectivity index (χ1v) is 8.12. The Kier molecular flexibility index (Phi) is 7.96. The fourth-order valence-electron chi connectivity index (χ4n) is 2.95. The predicted molar refractivity (Wildman–Crippen MR) is 82.6 cm³/mol. The maximum Gasteiger partial charge on any atom is 0.0597 e. The summed E-state index contributed by atoms with van der Waals surface area (Å²) >= 11 is 0. The van der Waals surface area contributed by atoms with Crippen molar-refractivity contribution in [3.05, 3.63) is 0 Å². The van der Waals surface area contributed by atoms with Crippen LogP contribution >= 0.6 is 0 Å². The van der Waals surface area contributed by atoms with Crippen LogP contribution in [-0.2, 0) is 4.74 Å². The van der Waals surface area contributed by atoms with Crippen molar-refractivity contribution in [2.75, 3.05) is 26.2 Å². The first-order chi connectivity index (χ1) is 9.02. The Balaban J connectivity index is 2.42. The van der Waals surface area contributed by atoms with E-state index in [0.29, 0.717) is 18.2 Å². The second-order valence-electron chi connectivity index (χ2n) is 6.59. The summed E-state index contributed by atoms with van der Waals surface area (Å²) in [6.45, 7) is 15.4. The molecule has 0 aliphatic carbocycles. The van der Waals surface area contributed by atoms with Crippen LogP contribution in [0.4, 0.5) is 0 Å². The quantitative estimate of drug-likeness (QED) is 0.734. The van der Waals surface area contributed by atoms with Gasteiger partial charge < -0.3 is 10.1 Å². The van der Waals surface area contributed by atoms with Crippen molar-refractivity contribution in [3.63, 3.8) is 0 Å². The lowest BCUT2D eigenvalue weighted by molar-refractivity contribution is 0.0332. The largest absolute Gasteiger partial charge is 0.377 e. The Bertz CT molecular complexity index is 231. The van der Waals surface area contributed by atoms with E-state index in [0.717, 1.165) is 25.6 Å². The van der Waals surface area contributed by atoms with Gasteiger partial charge in [-0.25, -0.2) is 0 Å². The van der Waals surface area contributed by atoms with Crippen molar-refractivity contribution in [2.24, 2.45) is 5.92 Å². The average Bonchev–Trinajstić information content (AvgIpc) is 2.31. The van der Waals surface area contributed by atoms with Gasteiger partial charge in [0.15, 0.2) is 0 Å². The molecule has 3 heteroatoms. The average molecular weight is 270 g/mol. The fraction of sp³-hybridized carbons (Fsp3) is 1.00. The van der Waals surface area contributed by atoms with E-state index < -0.39 is 0 Å². The Hall–Kier alpha value is -0.120. The molecule has 0 bridgehead atoms. The topological polar surface area (TPSA) is 24.5 Å². The van der Waals surface area contributed by atoms with Crippen molar-refractivity contribution in [2.45, 2.75) is 72.1 Å². The normalized spacial score (nSPS) is 25.4. The van der Waals surface area contributed by atoms with Gasteiger partial charge in [0.2, 0.25) is 0 Å². The summed E-state index contributed by atoms with van der Waals surface area (Å²) in [6.07, 6.45) is 4.19. The van der Waals surface area contributed by atoms with Gasteiger partial charge in [-0.05, 0) is 32.6 Å². The van der Waals surface area contributed by atoms with E-state index in [-0.39, 0.29) is 0 Å². The number of hydrogen-bond acceptors (Lipinski definition) is 3. The van der Waals surface area contributed by atoms with Crippen LogP contribution in [0, 0.1) is 5.92 Å². The molecule has 0 radical (unpaired) electrons. The molecule has 1 N–H and O–H groups in total. The first kappa shape index (κ1) is 16.9. The third kappa shape index (κ3) is 6.73. The monoisotopic (exact) mass is 270 g/mol. The second kappa shape index (κ2) is 8.93. The van der Waals surface area contributed by atoms with Crippen molar-refractivity contribution < 1.29 is 4.74 Å². The molecule has 1 fully saturated rings. The minimum atomic E-state index is 0.346. The fourth-order valence-corrected chi connectivity index (χ4v) is 2.95. The second-order valence-corrected chi connectivity index (χ2v) is 6.59. The molecule has 2 atom stereocenters. The predicted octanol–water partition coefficient (Wildman–Crippen LogP) is 2.90. The van der Waals surface area contributed by atoms with Gasteiger partial charge >= 0.3 is 0 Å². The maximum absolute atomic E-state index is 5.73. The summed E-state index contributed by atoms with van der Waals surface area (Å²) in [6, 6.07) is 1.36. The first-order valence-electron chi connectivity index (χ1n) is 8.12. The molecule has 0 aromatic rings. The van der Waals surface area contributed by atoms with Crippen LogP contribution < -0.4 is 5.32 Å². The summed E-state index contributed by atoms with van der Waals surface area (Å²) in [5.41, 5.74) is 0. The van der Waals surface area contributed by atoms with E-state index in [1.165, 1.54) is 25.8 Å². The van der Waals surface area contributed by atoms with E-state index in [9.17, 15) is 0 Å². The molecule has 1 aliphatic rings. The molecule has 1 rings (SSSR count). The SMILES string of the molecule is CCCC1CNC(CC(C)C)CN1CCOC(C)C. The number of piperazine rings is 1. The lowest BCUT2D eigenvalue weighted by Gasteiger charge is -2.41. The van der Waals surface area contributed by atoms with Gasteiger partial charge in [-0.2, -0.15) is 0 Å². The molecule has 0 saturated carbocycles. The van der Waals surface area contributed by atoms with Gasteiger partial charge in [-0.3, -0.25) is 4.90 Å². The molecule has 0 aromatic heterocycles. The summed E-state index contributed by atoms with van der Waals surface area (Å²) in [4.78, 5) is 2.65. The van der Waals surface area contributed by atoms with Crippen LogP contribution in [0.3, 0.4) is 0 Å². The zero-order chi connectivity index (χ0) is 14.3. The third-order valence-electron chi connectivity index (χ3n) is 3.82. The van der Waals surface area contributed by atoms with Crippen molar-refractivity contribution in [1.29, 1.82) is 0 Å². The third-order valence-corrected chi connectivity index (χ3v) is 3.82. The van der Waals surface area contributed by atoms with Gasteiger partial charge in [0.1, 0.15) is 0 Å². The van der Waals surface area contributed by atoms with Crippen LogP contribution in [0.15, 0.2) is 0 Å². The van der Waals surface area contributed by atoms with E-state index in [2.05, 4.69) is 44.8 Å². The molecule has 0 aromatic carbocycles. The molecular weight excluding hydrogens is 236 g/mol. The van der Waals surface area contributed by atoms with Gasteiger partial charge in [-0.15, -0.1) is 0 Å². The number of rotatable bonds is 8. The van der Waals surface area contributed by atoms with Crippen molar-refractivity contribution >= 4 is 0 Å². The molecule has 3 nitrogen and oxygen atoms in total. The van der Waals surface area contributed by atoms with Crippen LogP contribution in [0.2, 0.25) is 0 Å². The Morgan fingerprint density at radius 1 is 1.26 bits per heavy atom. The lowest BCUT2D eigenvalue weighted by Crippen LogP contribution is -2.57. The van der Waals surface area contributed by atoms with Crippen LogP contribution in [0.5, 0.6) is 0 Å². The Labute approximate surface area is 120 Å². The molecule has 0 amide bonds. The zero-order valence-corrected chi connectivity index (χ0v) is 13.6. The van der Waals surface area contributed by atoms with Gasteiger partial charge in [0, 0.05) is 31.7 Å². The van der Waals surface area contributed by atoms with Crippen LogP contribution in [0.25, 0.3) is 0 Å². The summed E-state index contributed by atoms with van der Waals surface area (Å²) < 4.78 is 5.73. The minimum absolute atomic E-state index is 0.346. The smallest absolute Gasteiger partial charge is 0.0597 e. The summed E-state index contributed by atoms with van der Waals surface area (Å²) in [5, 5.41) is 3.73. The van der Waals surface area contributed by atoms with Gasteiger partial charge in [0.05, 0.1) is 12.7 Å². The van der Waals surface area contributed by atoms with Crippen LogP contribution in [0.1, 0.15) is 53.9 Å².